The Bertz CT molecular complexity index is 562. The van der Waals surface area contributed by atoms with Gasteiger partial charge in [-0.1, -0.05) is 19.3 Å². The summed E-state index contributed by atoms with van der Waals surface area (Å²) in [5.74, 6) is 1.30. The Balaban J connectivity index is 0.00000392. The van der Waals surface area contributed by atoms with Crippen LogP contribution in [-0.4, -0.2) is 60.0 Å². The van der Waals surface area contributed by atoms with Crippen molar-refractivity contribution in [3.05, 3.63) is 0 Å². The van der Waals surface area contributed by atoms with Crippen molar-refractivity contribution in [2.75, 3.05) is 45.6 Å². The van der Waals surface area contributed by atoms with E-state index in [1.807, 2.05) is 6.92 Å². The van der Waals surface area contributed by atoms with Crippen molar-refractivity contribution < 1.29 is 13.2 Å². The summed E-state index contributed by atoms with van der Waals surface area (Å²) in [6, 6.07) is 0. The highest BCUT2D eigenvalue weighted by atomic mass is 127. The van der Waals surface area contributed by atoms with E-state index in [1.165, 1.54) is 32.1 Å². The van der Waals surface area contributed by atoms with Gasteiger partial charge in [-0.25, -0.2) is 13.1 Å². The largest absolute Gasteiger partial charge is 0.385 e. The van der Waals surface area contributed by atoms with Crippen LogP contribution in [0.2, 0.25) is 0 Å². The van der Waals surface area contributed by atoms with E-state index in [4.69, 9.17) is 9.73 Å². The molecule has 2 aliphatic rings. The minimum absolute atomic E-state index is 0. The summed E-state index contributed by atoms with van der Waals surface area (Å²) in [6.45, 7) is 5.24. The van der Waals surface area contributed by atoms with Crippen LogP contribution in [0, 0.1) is 11.3 Å². The van der Waals surface area contributed by atoms with Crippen LogP contribution in [0.25, 0.3) is 0 Å². The molecule has 0 aromatic carbocycles. The molecular formula is C19H39IN4O3S. The van der Waals surface area contributed by atoms with Crippen molar-refractivity contribution in [2.45, 2.75) is 58.3 Å². The molecule has 0 spiro atoms. The predicted molar refractivity (Wildman–Crippen MR) is 126 cm³/mol. The van der Waals surface area contributed by atoms with Gasteiger partial charge in [0.15, 0.2) is 5.96 Å². The molecule has 0 unspecified atom stereocenters. The lowest BCUT2D eigenvalue weighted by atomic mass is 9.83. The van der Waals surface area contributed by atoms with Gasteiger partial charge in [0.25, 0.3) is 0 Å². The number of halogens is 1. The zero-order valence-corrected chi connectivity index (χ0v) is 20.6. The van der Waals surface area contributed by atoms with Gasteiger partial charge < -0.3 is 15.4 Å². The fourth-order valence-electron chi connectivity index (χ4n) is 3.84. The zero-order valence-electron chi connectivity index (χ0n) is 17.5. The van der Waals surface area contributed by atoms with Crippen LogP contribution < -0.4 is 15.4 Å². The normalized spacial score (nSPS) is 19.7. The molecule has 0 bridgehead atoms. The van der Waals surface area contributed by atoms with E-state index < -0.39 is 10.0 Å². The maximum absolute atomic E-state index is 12.1. The number of nitrogens with one attached hydrogen (secondary N) is 3. The molecule has 0 atom stereocenters. The molecule has 0 aromatic rings. The first-order chi connectivity index (χ1) is 13.0. The van der Waals surface area contributed by atoms with Crippen LogP contribution in [0.1, 0.15) is 58.3 Å². The molecule has 0 aliphatic heterocycles. The first kappa shape index (κ1) is 25.9. The summed E-state index contributed by atoms with van der Waals surface area (Å²) in [4.78, 5) is 4.76. The van der Waals surface area contributed by atoms with Crippen molar-refractivity contribution in [1.82, 2.24) is 15.4 Å². The first-order valence-electron chi connectivity index (χ1n) is 10.5. The number of methoxy groups -OCH3 is 1. The molecule has 7 nitrogen and oxygen atoms in total. The number of hydrogen-bond donors (Lipinski definition) is 3. The van der Waals surface area contributed by atoms with Crippen molar-refractivity contribution in [3.8, 4) is 0 Å². The van der Waals surface area contributed by atoms with E-state index in [0.717, 1.165) is 39.0 Å². The Morgan fingerprint density at radius 3 is 2.46 bits per heavy atom. The van der Waals surface area contributed by atoms with Crippen molar-refractivity contribution in [2.24, 2.45) is 16.3 Å². The van der Waals surface area contributed by atoms with E-state index in [1.54, 1.807) is 7.11 Å². The van der Waals surface area contributed by atoms with Crippen molar-refractivity contribution >= 4 is 40.0 Å². The van der Waals surface area contributed by atoms with Gasteiger partial charge in [0.05, 0.1) is 5.75 Å². The fraction of sp³-hybridized carbons (Fsp3) is 0.947. The SMILES string of the molecule is CCNC(=NCC1(CCOC)CCCC1)NCCS(=O)(=O)NCC1CCC1.I. The summed E-state index contributed by atoms with van der Waals surface area (Å²) in [5, 5.41) is 6.41. The summed E-state index contributed by atoms with van der Waals surface area (Å²) in [6.07, 6.45) is 9.44. The summed E-state index contributed by atoms with van der Waals surface area (Å²) in [7, 11) is -1.48. The van der Waals surface area contributed by atoms with Gasteiger partial charge in [-0.05, 0) is 50.4 Å². The quantitative estimate of drug-likeness (QED) is 0.205. The third-order valence-corrected chi connectivity index (χ3v) is 7.25. The summed E-state index contributed by atoms with van der Waals surface area (Å²) < 4.78 is 32.3. The molecule has 0 aromatic heterocycles. The Morgan fingerprint density at radius 2 is 1.89 bits per heavy atom. The molecule has 0 saturated heterocycles. The van der Waals surface area contributed by atoms with Gasteiger partial charge in [0.1, 0.15) is 0 Å². The van der Waals surface area contributed by atoms with E-state index in [0.29, 0.717) is 25.0 Å². The molecule has 166 valence electrons. The third kappa shape index (κ3) is 9.13. The molecule has 3 N–H and O–H groups in total. The number of sulfonamides is 1. The maximum atomic E-state index is 12.1. The van der Waals surface area contributed by atoms with Gasteiger partial charge >= 0.3 is 0 Å². The predicted octanol–water partition coefficient (Wildman–Crippen LogP) is 2.48. The second-order valence-corrected chi connectivity index (χ2v) is 9.96. The molecule has 28 heavy (non-hydrogen) atoms. The Labute approximate surface area is 188 Å². The second-order valence-electron chi connectivity index (χ2n) is 8.04. The number of guanidine groups is 1. The Kier molecular flexibility index (Phi) is 12.2. The molecule has 2 fully saturated rings. The summed E-state index contributed by atoms with van der Waals surface area (Å²) >= 11 is 0. The van der Waals surface area contributed by atoms with Crippen molar-refractivity contribution in [3.63, 3.8) is 0 Å². The molecule has 0 radical (unpaired) electrons. The molecule has 2 saturated carbocycles. The number of nitrogens with zero attached hydrogens (tertiary/aromatic N) is 1. The average molecular weight is 531 g/mol. The highest BCUT2D eigenvalue weighted by Gasteiger charge is 2.33. The Hall–Kier alpha value is -0.130. The highest BCUT2D eigenvalue weighted by molar-refractivity contribution is 14.0. The van der Waals surface area contributed by atoms with Crippen LogP contribution in [0.4, 0.5) is 0 Å². The molecule has 2 aliphatic carbocycles. The standard InChI is InChI=1S/C19H38N4O3S.HI/c1-3-20-18(22-16-19(11-13-26-2)9-4-5-10-19)21-12-14-27(24,25)23-15-17-7-6-8-17;/h17,23H,3-16H2,1-2H3,(H2,20,21,22);1H. The topological polar surface area (TPSA) is 91.8 Å². The van der Waals surface area contributed by atoms with Crippen LogP contribution >= 0.6 is 24.0 Å². The summed E-state index contributed by atoms with van der Waals surface area (Å²) in [5.41, 5.74) is 0.231. The van der Waals surface area contributed by atoms with Gasteiger partial charge in [-0.3, -0.25) is 4.99 Å². The molecule has 0 heterocycles. The Morgan fingerprint density at radius 1 is 1.18 bits per heavy atom. The third-order valence-electron chi connectivity index (χ3n) is 5.90. The fourth-order valence-corrected chi connectivity index (χ4v) is 4.84. The molecule has 2 rings (SSSR count). The first-order valence-corrected chi connectivity index (χ1v) is 12.1. The van der Waals surface area contributed by atoms with E-state index >= 15 is 0 Å². The number of aliphatic imine (C=N–C) groups is 1. The minimum atomic E-state index is -3.23. The maximum Gasteiger partial charge on any atom is 0.213 e. The number of rotatable bonds is 12. The van der Waals surface area contributed by atoms with E-state index in [9.17, 15) is 8.42 Å². The van der Waals surface area contributed by atoms with Gasteiger partial charge in [0, 0.05) is 39.9 Å². The number of hydrogen-bond acceptors (Lipinski definition) is 4. The molecular weight excluding hydrogens is 491 g/mol. The number of ether oxygens (including phenoxy) is 1. The monoisotopic (exact) mass is 530 g/mol. The lowest BCUT2D eigenvalue weighted by molar-refractivity contribution is 0.141. The van der Waals surface area contributed by atoms with Crippen LogP contribution in [-0.2, 0) is 14.8 Å². The van der Waals surface area contributed by atoms with Crippen LogP contribution in [0.3, 0.4) is 0 Å². The smallest absolute Gasteiger partial charge is 0.213 e. The van der Waals surface area contributed by atoms with E-state index in [-0.39, 0.29) is 35.1 Å². The highest BCUT2D eigenvalue weighted by Crippen LogP contribution is 2.41. The minimum Gasteiger partial charge on any atom is -0.385 e. The zero-order chi connectivity index (χ0) is 19.6. The molecule has 0 amide bonds. The van der Waals surface area contributed by atoms with E-state index in [2.05, 4.69) is 15.4 Å². The lowest BCUT2D eigenvalue weighted by Crippen LogP contribution is -2.42. The van der Waals surface area contributed by atoms with Gasteiger partial charge in [-0.15, -0.1) is 24.0 Å². The second kappa shape index (κ2) is 13.2. The van der Waals surface area contributed by atoms with Crippen LogP contribution in [0.5, 0.6) is 0 Å². The van der Waals surface area contributed by atoms with Crippen LogP contribution in [0.15, 0.2) is 4.99 Å². The average Bonchev–Trinajstić information content (AvgIpc) is 3.05. The van der Waals surface area contributed by atoms with Gasteiger partial charge in [0.2, 0.25) is 10.0 Å². The molecule has 9 heteroatoms. The van der Waals surface area contributed by atoms with Gasteiger partial charge in [-0.2, -0.15) is 0 Å². The van der Waals surface area contributed by atoms with Crippen molar-refractivity contribution in [1.29, 1.82) is 0 Å². The lowest BCUT2D eigenvalue weighted by Gasteiger charge is -2.27.